The molecule has 1 aliphatic rings. The summed E-state index contributed by atoms with van der Waals surface area (Å²) >= 11 is 0. The Morgan fingerprint density at radius 2 is 1.88 bits per heavy atom. The molecule has 0 fully saturated rings. The number of nitrogens with one attached hydrogen (secondary N) is 1. The van der Waals surface area contributed by atoms with Crippen LogP contribution in [0.3, 0.4) is 0 Å². The van der Waals surface area contributed by atoms with E-state index < -0.39 is 32.2 Å². The van der Waals surface area contributed by atoms with E-state index in [0.29, 0.717) is 42.6 Å². The number of rotatable bonds is 9. The first-order chi connectivity index (χ1) is 20.7. The Morgan fingerprint density at radius 1 is 1.14 bits per heavy atom. The zero-order chi connectivity index (χ0) is 30.7. The molecule has 43 heavy (non-hydrogen) atoms. The van der Waals surface area contributed by atoms with Gasteiger partial charge < -0.3 is 10.4 Å². The summed E-state index contributed by atoms with van der Waals surface area (Å²) < 4.78 is 29.2. The van der Waals surface area contributed by atoms with E-state index in [-0.39, 0.29) is 17.2 Å². The van der Waals surface area contributed by atoms with Crippen LogP contribution in [0.4, 0.5) is 0 Å². The van der Waals surface area contributed by atoms with Crippen LogP contribution in [0, 0.1) is 11.3 Å². The minimum Gasteiger partial charge on any atom is -0.492 e. The number of hydrogen-bond donors (Lipinski definition) is 2. The van der Waals surface area contributed by atoms with E-state index >= 15 is 0 Å². The van der Waals surface area contributed by atoms with Crippen LogP contribution in [0.25, 0.3) is 11.1 Å². The molecule has 0 spiro atoms. The first kappa shape index (κ1) is 29.7. The van der Waals surface area contributed by atoms with Crippen molar-refractivity contribution in [3.05, 3.63) is 105 Å². The molecule has 10 heteroatoms. The number of benzene rings is 3. The molecule has 0 unspecified atom stereocenters. The number of carbonyl (C=O) groups is 1. The van der Waals surface area contributed by atoms with Gasteiger partial charge in [0.25, 0.3) is 5.56 Å². The summed E-state index contributed by atoms with van der Waals surface area (Å²) in [5.41, 5.74) is 3.64. The molecule has 1 aliphatic carbocycles. The third-order valence-electron chi connectivity index (χ3n) is 7.91. The molecule has 1 amide bonds. The van der Waals surface area contributed by atoms with Gasteiger partial charge in [0.1, 0.15) is 5.82 Å². The van der Waals surface area contributed by atoms with E-state index in [1.165, 1.54) is 16.7 Å². The molecule has 1 aromatic heterocycles. The number of unbranched alkanes of at least 4 members (excludes halogenated alkanes) is 1. The maximum atomic E-state index is 14.1. The SMILES string of the molecule is CCCCc1nc(O)c(S(=O)(=O)c2ccc(-c3ccccc3CC(=O)NC)cc2)c(=O)n1[C@@H]1CCc2ccc(C#N)cc21. The normalized spacial score (nSPS) is 14.2. The number of aromatic hydroxyl groups is 1. The van der Waals surface area contributed by atoms with Crippen LogP contribution in [0.5, 0.6) is 5.88 Å². The summed E-state index contributed by atoms with van der Waals surface area (Å²) in [7, 11) is -2.91. The third kappa shape index (κ3) is 5.68. The van der Waals surface area contributed by atoms with Crippen molar-refractivity contribution in [3.8, 4) is 23.1 Å². The second-order valence-corrected chi connectivity index (χ2v) is 12.5. The second-order valence-electron chi connectivity index (χ2n) is 10.6. The smallest absolute Gasteiger partial charge is 0.277 e. The van der Waals surface area contributed by atoms with Crippen LogP contribution in [-0.2, 0) is 33.9 Å². The standard InChI is InChI=1S/C33H32N4O5S/c1-3-4-9-29-36-32(39)31(33(40)37(29)28-17-14-23-11-10-21(20-34)18-27(23)28)43(41,42)25-15-12-22(13-16-25)26-8-6-5-7-24(26)19-30(38)35-2/h5-8,10-13,15-16,18,28,39H,3-4,9,14,17,19H2,1-2H3,(H,35,38)/t28-/m1/s1. The first-order valence-electron chi connectivity index (χ1n) is 14.2. The van der Waals surface area contributed by atoms with Gasteiger partial charge in [-0.25, -0.2) is 8.42 Å². The van der Waals surface area contributed by atoms with Gasteiger partial charge in [-0.2, -0.15) is 10.2 Å². The number of nitriles is 1. The molecular weight excluding hydrogens is 564 g/mol. The van der Waals surface area contributed by atoms with Crippen molar-refractivity contribution in [1.82, 2.24) is 14.9 Å². The minimum atomic E-state index is -4.47. The molecule has 220 valence electrons. The molecule has 5 rings (SSSR count). The number of carbonyl (C=O) groups excluding carboxylic acids is 1. The Bertz CT molecular complexity index is 1910. The minimum absolute atomic E-state index is 0.151. The number of fused-ring (bicyclic) bond motifs is 1. The highest BCUT2D eigenvalue weighted by atomic mass is 32.2. The van der Waals surface area contributed by atoms with Crippen molar-refractivity contribution < 1.29 is 18.3 Å². The average molecular weight is 597 g/mol. The van der Waals surface area contributed by atoms with Crippen molar-refractivity contribution in [2.24, 2.45) is 0 Å². The summed E-state index contributed by atoms with van der Waals surface area (Å²) in [4.78, 5) is 29.4. The number of hydrogen-bond acceptors (Lipinski definition) is 7. The molecular formula is C33H32N4O5S. The topological polar surface area (TPSA) is 142 Å². The summed E-state index contributed by atoms with van der Waals surface area (Å²) in [6, 6.07) is 20.3. The number of aryl methyl sites for hydroxylation is 2. The monoisotopic (exact) mass is 596 g/mol. The Kier molecular flexibility index (Phi) is 8.46. The number of likely N-dealkylation sites (N-methyl/N-ethyl adjacent to an activating group) is 1. The van der Waals surface area contributed by atoms with Gasteiger partial charge in [0.2, 0.25) is 21.6 Å². The quantitative estimate of drug-likeness (QED) is 0.290. The van der Waals surface area contributed by atoms with E-state index in [0.717, 1.165) is 28.7 Å². The lowest BCUT2D eigenvalue weighted by molar-refractivity contribution is -0.119. The zero-order valence-electron chi connectivity index (χ0n) is 24.0. The molecule has 0 bridgehead atoms. The zero-order valence-corrected chi connectivity index (χ0v) is 24.8. The fraction of sp³-hybridized carbons (Fsp3) is 0.273. The number of amides is 1. The summed E-state index contributed by atoms with van der Waals surface area (Å²) in [5, 5.41) is 23.0. The lowest BCUT2D eigenvalue weighted by atomic mass is 9.97. The van der Waals surface area contributed by atoms with E-state index in [4.69, 9.17) is 0 Å². The maximum Gasteiger partial charge on any atom is 0.277 e. The summed E-state index contributed by atoms with van der Waals surface area (Å²) in [6.07, 6.45) is 3.26. The Morgan fingerprint density at radius 3 is 2.58 bits per heavy atom. The van der Waals surface area contributed by atoms with Gasteiger partial charge >= 0.3 is 0 Å². The van der Waals surface area contributed by atoms with Crippen LogP contribution in [0.2, 0.25) is 0 Å². The highest BCUT2D eigenvalue weighted by Crippen LogP contribution is 2.36. The Balaban J connectivity index is 1.60. The predicted molar refractivity (Wildman–Crippen MR) is 161 cm³/mol. The lowest BCUT2D eigenvalue weighted by Gasteiger charge is -2.21. The van der Waals surface area contributed by atoms with Gasteiger partial charge in [0.15, 0.2) is 4.90 Å². The molecule has 1 atom stereocenters. The van der Waals surface area contributed by atoms with Crippen molar-refractivity contribution in [3.63, 3.8) is 0 Å². The highest BCUT2D eigenvalue weighted by molar-refractivity contribution is 7.91. The van der Waals surface area contributed by atoms with Crippen LogP contribution in [0.1, 0.15) is 60.3 Å². The first-order valence-corrected chi connectivity index (χ1v) is 15.7. The van der Waals surface area contributed by atoms with Crippen LogP contribution >= 0.6 is 0 Å². The fourth-order valence-electron chi connectivity index (χ4n) is 5.68. The van der Waals surface area contributed by atoms with Gasteiger partial charge in [-0.05, 0) is 71.3 Å². The van der Waals surface area contributed by atoms with E-state index in [1.54, 1.807) is 31.3 Å². The molecule has 1 heterocycles. The van der Waals surface area contributed by atoms with Gasteiger partial charge in [-0.3, -0.25) is 14.2 Å². The van der Waals surface area contributed by atoms with E-state index in [1.807, 2.05) is 37.3 Å². The van der Waals surface area contributed by atoms with Crippen LogP contribution in [-0.4, -0.2) is 36.0 Å². The molecule has 3 aromatic carbocycles. The molecule has 0 saturated heterocycles. The average Bonchev–Trinajstić information content (AvgIpc) is 3.42. The molecule has 9 nitrogen and oxygen atoms in total. The van der Waals surface area contributed by atoms with Gasteiger partial charge in [-0.15, -0.1) is 0 Å². The molecule has 0 aliphatic heterocycles. The van der Waals surface area contributed by atoms with Gasteiger partial charge in [-0.1, -0.05) is 55.8 Å². The number of nitrogens with zero attached hydrogens (tertiary/aromatic N) is 3. The van der Waals surface area contributed by atoms with Crippen LogP contribution < -0.4 is 10.9 Å². The third-order valence-corrected chi connectivity index (χ3v) is 9.69. The van der Waals surface area contributed by atoms with Gasteiger partial charge in [0, 0.05) is 13.5 Å². The molecule has 2 N–H and O–H groups in total. The van der Waals surface area contributed by atoms with E-state index in [9.17, 15) is 28.4 Å². The number of aromatic nitrogens is 2. The largest absolute Gasteiger partial charge is 0.492 e. The fourth-order valence-corrected chi connectivity index (χ4v) is 7.03. The Hall–Kier alpha value is -4.75. The second kappa shape index (κ2) is 12.2. The number of sulfone groups is 1. The van der Waals surface area contributed by atoms with Crippen molar-refractivity contribution in [2.75, 3.05) is 7.05 Å². The van der Waals surface area contributed by atoms with Crippen molar-refractivity contribution >= 4 is 15.7 Å². The van der Waals surface area contributed by atoms with Crippen LogP contribution in [0.15, 0.2) is 81.3 Å². The molecule has 0 saturated carbocycles. The van der Waals surface area contributed by atoms with E-state index in [2.05, 4.69) is 16.4 Å². The summed E-state index contributed by atoms with van der Waals surface area (Å²) in [6.45, 7) is 1.99. The van der Waals surface area contributed by atoms with Crippen molar-refractivity contribution in [1.29, 1.82) is 5.26 Å². The van der Waals surface area contributed by atoms with Gasteiger partial charge in [0.05, 0.1) is 29.0 Å². The molecule has 4 aromatic rings. The summed E-state index contributed by atoms with van der Waals surface area (Å²) in [5.74, 6) is -0.662. The lowest BCUT2D eigenvalue weighted by Crippen LogP contribution is -2.33. The molecule has 0 radical (unpaired) electrons. The maximum absolute atomic E-state index is 14.1. The highest BCUT2D eigenvalue weighted by Gasteiger charge is 2.34. The van der Waals surface area contributed by atoms with Crippen molar-refractivity contribution in [2.45, 2.75) is 61.3 Å². The Labute approximate surface area is 250 Å². The predicted octanol–water partition coefficient (Wildman–Crippen LogP) is 4.49.